The smallest absolute Gasteiger partial charge is 0.254 e. The largest absolute Gasteiger partial charge is 0.340 e. The average molecular weight is 437 g/mol. The lowest BCUT2D eigenvalue weighted by Gasteiger charge is -2.25. The van der Waals surface area contributed by atoms with Crippen LogP contribution >= 0.6 is 23.2 Å². The summed E-state index contributed by atoms with van der Waals surface area (Å²) >= 11 is 12.0. The number of piperidine rings is 1. The second kappa shape index (κ2) is 8.59. The first-order valence-electron chi connectivity index (χ1n) is 9.76. The molecule has 10 heteroatoms. The molecule has 0 spiro atoms. The molecule has 2 aromatic rings. The number of anilines is 2. The molecule has 2 N–H and O–H groups in total. The molecule has 0 bridgehead atoms. The number of benzene rings is 1. The van der Waals surface area contributed by atoms with Gasteiger partial charge in [-0.1, -0.05) is 23.2 Å². The van der Waals surface area contributed by atoms with Gasteiger partial charge in [-0.3, -0.25) is 14.9 Å². The highest BCUT2D eigenvalue weighted by Crippen LogP contribution is 2.25. The van der Waals surface area contributed by atoms with Crippen LogP contribution < -0.4 is 10.2 Å². The summed E-state index contributed by atoms with van der Waals surface area (Å²) in [6, 6.07) is 4.11. The van der Waals surface area contributed by atoms with Crippen molar-refractivity contribution in [3.05, 3.63) is 33.8 Å². The van der Waals surface area contributed by atoms with Crippen molar-refractivity contribution in [3.8, 4) is 0 Å². The Hall–Kier alpha value is -2.32. The molecule has 1 unspecified atom stereocenters. The van der Waals surface area contributed by atoms with E-state index in [1.54, 1.807) is 23.1 Å². The second-order valence-electron chi connectivity index (χ2n) is 7.34. The molecule has 2 aliphatic heterocycles. The van der Waals surface area contributed by atoms with Crippen molar-refractivity contribution in [1.29, 1.82) is 0 Å². The highest BCUT2D eigenvalue weighted by atomic mass is 35.5. The highest BCUT2D eigenvalue weighted by molar-refractivity contribution is 6.35. The van der Waals surface area contributed by atoms with Crippen LogP contribution in [0.15, 0.2) is 18.2 Å². The summed E-state index contributed by atoms with van der Waals surface area (Å²) in [5, 5.41) is 10.5. The fraction of sp³-hybridized carbons (Fsp3) is 0.474. The molecule has 154 valence electrons. The molecule has 3 heterocycles. The van der Waals surface area contributed by atoms with Crippen molar-refractivity contribution >= 4 is 46.9 Å². The third-order valence-electron chi connectivity index (χ3n) is 5.28. The van der Waals surface area contributed by atoms with E-state index in [-0.39, 0.29) is 11.8 Å². The summed E-state index contributed by atoms with van der Waals surface area (Å²) in [4.78, 5) is 33.8. The third kappa shape index (κ3) is 4.48. The number of rotatable bonds is 4. The van der Waals surface area contributed by atoms with Crippen LogP contribution in [0.4, 0.5) is 11.9 Å². The van der Waals surface area contributed by atoms with Gasteiger partial charge in [-0.05, 0) is 50.3 Å². The van der Waals surface area contributed by atoms with Gasteiger partial charge in [0.25, 0.3) is 5.91 Å². The van der Waals surface area contributed by atoms with E-state index in [4.69, 9.17) is 23.2 Å². The Bertz CT molecular complexity index is 892. The lowest BCUT2D eigenvalue weighted by atomic mass is 10.1. The number of nitrogens with zero attached hydrogens (tertiary/aromatic N) is 4. The zero-order valence-electron chi connectivity index (χ0n) is 15.8. The monoisotopic (exact) mass is 436 g/mol. The maximum Gasteiger partial charge on any atom is 0.254 e. The normalized spacial score (nSPS) is 19.4. The molecule has 0 aliphatic carbocycles. The van der Waals surface area contributed by atoms with Gasteiger partial charge in [0.05, 0.1) is 0 Å². The average Bonchev–Trinajstić information content (AvgIpc) is 3.37. The fourth-order valence-corrected chi connectivity index (χ4v) is 4.40. The van der Waals surface area contributed by atoms with Crippen molar-refractivity contribution in [2.45, 2.75) is 38.1 Å². The number of H-pyrrole nitrogens is 1. The van der Waals surface area contributed by atoms with Gasteiger partial charge in [0.15, 0.2) is 0 Å². The minimum absolute atomic E-state index is 0.265. The topological polar surface area (TPSA) is 94.2 Å². The zero-order chi connectivity index (χ0) is 20.4. The Kier molecular flexibility index (Phi) is 5.91. The molecule has 2 fully saturated rings. The van der Waals surface area contributed by atoms with Gasteiger partial charge < -0.3 is 9.80 Å². The molecule has 2 saturated heterocycles. The summed E-state index contributed by atoms with van der Waals surface area (Å²) in [6.45, 7) is 2.33. The van der Waals surface area contributed by atoms with Crippen LogP contribution in [0.1, 0.15) is 42.5 Å². The maximum absolute atomic E-state index is 12.9. The lowest BCUT2D eigenvalue weighted by molar-refractivity contribution is -0.119. The SMILES string of the molecule is O=C(Nc1nc(N2CCCCC2)n[nH]1)C1CCCN1C(=O)c1cc(Cl)cc(Cl)c1. The van der Waals surface area contributed by atoms with Crippen LogP contribution in [0, 0.1) is 0 Å². The van der Waals surface area contributed by atoms with Crippen LogP contribution in [0.5, 0.6) is 0 Å². The second-order valence-corrected chi connectivity index (χ2v) is 8.21. The minimum Gasteiger partial charge on any atom is -0.340 e. The summed E-state index contributed by atoms with van der Waals surface area (Å²) in [5.41, 5.74) is 0.370. The fourth-order valence-electron chi connectivity index (χ4n) is 3.87. The van der Waals surface area contributed by atoms with E-state index in [1.165, 1.54) is 6.42 Å². The van der Waals surface area contributed by atoms with Gasteiger partial charge in [0.1, 0.15) is 6.04 Å². The first-order valence-corrected chi connectivity index (χ1v) is 10.5. The van der Waals surface area contributed by atoms with Crippen molar-refractivity contribution in [3.63, 3.8) is 0 Å². The molecule has 0 radical (unpaired) electrons. The molecule has 1 aromatic carbocycles. The van der Waals surface area contributed by atoms with E-state index < -0.39 is 6.04 Å². The predicted molar refractivity (Wildman–Crippen MR) is 112 cm³/mol. The van der Waals surface area contributed by atoms with Gasteiger partial charge in [-0.2, -0.15) is 4.98 Å². The first kappa shape index (κ1) is 20.0. The highest BCUT2D eigenvalue weighted by Gasteiger charge is 2.35. The molecule has 1 atom stereocenters. The van der Waals surface area contributed by atoms with E-state index >= 15 is 0 Å². The van der Waals surface area contributed by atoms with E-state index in [2.05, 4.69) is 25.4 Å². The Labute approximate surface area is 178 Å². The number of hydrogen-bond acceptors (Lipinski definition) is 5. The first-order chi connectivity index (χ1) is 14.0. The van der Waals surface area contributed by atoms with E-state index in [0.29, 0.717) is 40.5 Å². The summed E-state index contributed by atoms with van der Waals surface area (Å²) in [5.74, 6) is 0.331. The van der Waals surface area contributed by atoms with Gasteiger partial charge in [-0.15, -0.1) is 5.10 Å². The minimum atomic E-state index is -0.580. The van der Waals surface area contributed by atoms with E-state index in [9.17, 15) is 9.59 Å². The summed E-state index contributed by atoms with van der Waals surface area (Å²) < 4.78 is 0. The van der Waals surface area contributed by atoms with Crippen LogP contribution in [-0.4, -0.2) is 57.6 Å². The predicted octanol–water partition coefficient (Wildman–Crippen LogP) is 3.35. The summed E-state index contributed by atoms with van der Waals surface area (Å²) in [6.07, 6.45) is 4.77. The van der Waals surface area contributed by atoms with E-state index in [0.717, 1.165) is 32.4 Å². The Balaban J connectivity index is 1.44. The van der Waals surface area contributed by atoms with Crippen molar-refractivity contribution in [1.82, 2.24) is 20.1 Å². The van der Waals surface area contributed by atoms with E-state index in [1.807, 2.05) is 0 Å². The standard InChI is InChI=1S/C19H22Cl2N6O2/c20-13-9-12(10-14(21)11-13)17(29)27-8-4-5-15(27)16(28)22-18-23-19(25-24-18)26-6-2-1-3-7-26/h9-11,15H,1-8H2,(H2,22,23,24,25,28). The molecule has 29 heavy (non-hydrogen) atoms. The third-order valence-corrected chi connectivity index (χ3v) is 5.72. The van der Waals surface area contributed by atoms with Gasteiger partial charge >= 0.3 is 0 Å². The van der Waals surface area contributed by atoms with Crippen molar-refractivity contribution in [2.75, 3.05) is 29.9 Å². The molecule has 2 aliphatic rings. The maximum atomic E-state index is 12.9. The lowest BCUT2D eigenvalue weighted by Crippen LogP contribution is -2.43. The summed E-state index contributed by atoms with van der Waals surface area (Å²) in [7, 11) is 0. The molecule has 1 aromatic heterocycles. The number of nitrogens with one attached hydrogen (secondary N) is 2. The number of likely N-dealkylation sites (tertiary alicyclic amines) is 1. The molecular weight excluding hydrogens is 415 g/mol. The Morgan fingerprint density at radius 3 is 2.48 bits per heavy atom. The molecule has 0 saturated carbocycles. The van der Waals surface area contributed by atoms with Gasteiger partial charge in [0, 0.05) is 35.2 Å². The van der Waals surface area contributed by atoms with Crippen LogP contribution in [0.25, 0.3) is 0 Å². The van der Waals surface area contributed by atoms with Crippen LogP contribution in [0.3, 0.4) is 0 Å². The number of aromatic nitrogens is 3. The number of amides is 2. The number of hydrogen-bond donors (Lipinski definition) is 2. The zero-order valence-corrected chi connectivity index (χ0v) is 17.3. The van der Waals surface area contributed by atoms with Crippen molar-refractivity contribution in [2.24, 2.45) is 0 Å². The Morgan fingerprint density at radius 2 is 1.76 bits per heavy atom. The van der Waals surface area contributed by atoms with Crippen molar-refractivity contribution < 1.29 is 9.59 Å². The number of carbonyl (C=O) groups excluding carboxylic acids is 2. The van der Waals surface area contributed by atoms with Crippen LogP contribution in [-0.2, 0) is 4.79 Å². The quantitative estimate of drug-likeness (QED) is 0.765. The Morgan fingerprint density at radius 1 is 1.03 bits per heavy atom. The molecule has 4 rings (SSSR count). The molecular formula is C19H22Cl2N6O2. The molecule has 2 amide bonds. The van der Waals surface area contributed by atoms with Gasteiger partial charge in [0.2, 0.25) is 17.8 Å². The van der Waals surface area contributed by atoms with Gasteiger partial charge in [-0.25, -0.2) is 5.10 Å². The molecule has 8 nitrogen and oxygen atoms in total. The number of halogens is 2. The number of carbonyl (C=O) groups is 2. The number of aromatic amines is 1. The van der Waals surface area contributed by atoms with Crippen LogP contribution in [0.2, 0.25) is 10.0 Å².